The highest BCUT2D eigenvalue weighted by atomic mass is 16.2. The zero-order valence-electron chi connectivity index (χ0n) is 14.4. The van der Waals surface area contributed by atoms with Crippen LogP contribution in [0, 0.1) is 6.92 Å². The predicted molar refractivity (Wildman–Crippen MR) is 92.2 cm³/mol. The summed E-state index contributed by atoms with van der Waals surface area (Å²) in [5.41, 5.74) is 2.19. The number of hydrogen-bond donors (Lipinski definition) is 1. The summed E-state index contributed by atoms with van der Waals surface area (Å²) in [6.45, 7) is 6.34. The van der Waals surface area contributed by atoms with Crippen LogP contribution in [0.3, 0.4) is 0 Å². The molecule has 1 aliphatic rings. The lowest BCUT2D eigenvalue weighted by Gasteiger charge is -2.31. The number of aryl methyl sites for hydroxylation is 2. The van der Waals surface area contributed by atoms with Crippen LogP contribution in [0.4, 0.5) is 0 Å². The van der Waals surface area contributed by atoms with Gasteiger partial charge in [-0.15, -0.1) is 10.2 Å². The summed E-state index contributed by atoms with van der Waals surface area (Å²) < 4.78 is 2.08. The maximum Gasteiger partial charge on any atom is 0.255 e. The molecule has 1 saturated heterocycles. The Balaban J connectivity index is 1.48. The van der Waals surface area contributed by atoms with Crippen LogP contribution in [0.25, 0.3) is 11.0 Å². The van der Waals surface area contributed by atoms with Gasteiger partial charge in [-0.05, 0) is 32.8 Å². The zero-order valence-corrected chi connectivity index (χ0v) is 14.4. The molecule has 3 aromatic heterocycles. The monoisotopic (exact) mass is 339 g/mol. The third-order valence-corrected chi connectivity index (χ3v) is 4.98. The Hall–Kier alpha value is -2.77. The fourth-order valence-electron chi connectivity index (χ4n) is 3.48. The molecule has 25 heavy (non-hydrogen) atoms. The molecule has 0 spiro atoms. The van der Waals surface area contributed by atoms with Gasteiger partial charge < -0.3 is 9.47 Å². The van der Waals surface area contributed by atoms with Gasteiger partial charge in [-0.1, -0.05) is 0 Å². The second-order valence-corrected chi connectivity index (χ2v) is 6.49. The maximum atomic E-state index is 12.8. The van der Waals surface area contributed by atoms with E-state index in [2.05, 4.69) is 36.9 Å². The average molecular weight is 339 g/mol. The SMILES string of the molecule is CCn1cnnc1C1CCN(C(=O)c2cnc3n[nH]c(C)c3c2)CC1. The topological polar surface area (TPSA) is 92.6 Å². The Labute approximate surface area is 145 Å². The van der Waals surface area contributed by atoms with Gasteiger partial charge >= 0.3 is 0 Å². The Morgan fingerprint density at radius 2 is 2.16 bits per heavy atom. The number of carbonyl (C=O) groups excluding carboxylic acids is 1. The maximum absolute atomic E-state index is 12.8. The van der Waals surface area contributed by atoms with E-state index >= 15 is 0 Å². The van der Waals surface area contributed by atoms with E-state index in [4.69, 9.17) is 0 Å². The van der Waals surface area contributed by atoms with Crippen molar-refractivity contribution in [3.63, 3.8) is 0 Å². The standard InChI is InChI=1S/C17H21N7O/c1-3-23-10-19-22-16(23)12-4-6-24(7-5-12)17(25)13-8-14-11(2)20-21-15(14)18-9-13/h8-10,12H,3-7H2,1-2H3,(H,18,20,21). The molecule has 1 N–H and O–H groups in total. The van der Waals surface area contributed by atoms with Crippen molar-refractivity contribution in [1.29, 1.82) is 0 Å². The highest BCUT2D eigenvalue weighted by Gasteiger charge is 2.27. The minimum absolute atomic E-state index is 0.0328. The van der Waals surface area contributed by atoms with E-state index < -0.39 is 0 Å². The van der Waals surface area contributed by atoms with Gasteiger partial charge in [0.05, 0.1) is 5.56 Å². The normalized spacial score (nSPS) is 15.8. The number of nitrogens with one attached hydrogen (secondary N) is 1. The molecule has 1 aliphatic heterocycles. The summed E-state index contributed by atoms with van der Waals surface area (Å²) in [5, 5.41) is 16.2. The number of fused-ring (bicyclic) bond motifs is 1. The molecule has 0 saturated carbocycles. The minimum Gasteiger partial charge on any atom is -0.339 e. The van der Waals surface area contributed by atoms with E-state index in [0.29, 0.717) is 17.1 Å². The molecular weight excluding hydrogens is 318 g/mol. The van der Waals surface area contributed by atoms with Gasteiger partial charge in [0.2, 0.25) is 0 Å². The Bertz CT molecular complexity index is 905. The number of amides is 1. The molecule has 8 nitrogen and oxygen atoms in total. The lowest BCUT2D eigenvalue weighted by atomic mass is 9.95. The summed E-state index contributed by atoms with van der Waals surface area (Å²) in [5.74, 6) is 1.43. The Morgan fingerprint density at radius 1 is 1.36 bits per heavy atom. The molecule has 1 amide bonds. The van der Waals surface area contributed by atoms with Crippen LogP contribution in [0.1, 0.15) is 47.6 Å². The summed E-state index contributed by atoms with van der Waals surface area (Å²) in [7, 11) is 0. The van der Waals surface area contributed by atoms with E-state index in [9.17, 15) is 4.79 Å². The molecule has 0 aromatic carbocycles. The van der Waals surface area contributed by atoms with E-state index in [1.165, 1.54) is 0 Å². The van der Waals surface area contributed by atoms with E-state index in [0.717, 1.165) is 49.4 Å². The van der Waals surface area contributed by atoms with Crippen LogP contribution in [0.5, 0.6) is 0 Å². The van der Waals surface area contributed by atoms with Crippen molar-refractivity contribution in [2.45, 2.75) is 39.2 Å². The van der Waals surface area contributed by atoms with Crippen molar-refractivity contribution in [1.82, 2.24) is 34.8 Å². The van der Waals surface area contributed by atoms with Gasteiger partial charge in [-0.3, -0.25) is 9.89 Å². The fourth-order valence-corrected chi connectivity index (χ4v) is 3.48. The minimum atomic E-state index is 0.0328. The smallest absolute Gasteiger partial charge is 0.255 e. The first-order valence-electron chi connectivity index (χ1n) is 8.65. The van der Waals surface area contributed by atoms with E-state index in [1.807, 2.05) is 17.9 Å². The first-order chi connectivity index (χ1) is 12.2. The molecule has 4 rings (SSSR count). The number of aromatic nitrogens is 6. The molecule has 0 radical (unpaired) electrons. The number of H-pyrrole nitrogens is 1. The second kappa shape index (κ2) is 6.27. The van der Waals surface area contributed by atoms with Crippen molar-refractivity contribution in [3.05, 3.63) is 35.7 Å². The van der Waals surface area contributed by atoms with Gasteiger partial charge in [0.1, 0.15) is 12.2 Å². The number of carbonyl (C=O) groups is 1. The van der Waals surface area contributed by atoms with Crippen molar-refractivity contribution >= 4 is 16.9 Å². The number of hydrogen-bond acceptors (Lipinski definition) is 5. The molecule has 0 bridgehead atoms. The third-order valence-electron chi connectivity index (χ3n) is 4.98. The van der Waals surface area contributed by atoms with Crippen LogP contribution in [0.15, 0.2) is 18.6 Å². The number of piperidine rings is 1. The molecule has 0 aliphatic carbocycles. The van der Waals surface area contributed by atoms with Crippen molar-refractivity contribution in [2.24, 2.45) is 0 Å². The molecule has 1 fully saturated rings. The fraction of sp³-hybridized carbons (Fsp3) is 0.471. The molecule has 8 heteroatoms. The molecular formula is C17H21N7O. The van der Waals surface area contributed by atoms with Crippen LogP contribution >= 0.6 is 0 Å². The second-order valence-electron chi connectivity index (χ2n) is 6.49. The third kappa shape index (κ3) is 2.77. The summed E-state index contributed by atoms with van der Waals surface area (Å²) >= 11 is 0. The zero-order chi connectivity index (χ0) is 17.4. The summed E-state index contributed by atoms with van der Waals surface area (Å²) in [6, 6.07) is 1.88. The molecule has 130 valence electrons. The highest BCUT2D eigenvalue weighted by Crippen LogP contribution is 2.27. The molecule has 4 heterocycles. The average Bonchev–Trinajstić information content (AvgIpc) is 3.28. The van der Waals surface area contributed by atoms with Crippen LogP contribution in [-0.4, -0.2) is 53.8 Å². The number of aromatic amines is 1. The van der Waals surface area contributed by atoms with Gasteiger partial charge in [0, 0.05) is 42.8 Å². The molecule has 0 unspecified atom stereocenters. The van der Waals surface area contributed by atoms with Gasteiger partial charge in [0.25, 0.3) is 5.91 Å². The summed E-state index contributed by atoms with van der Waals surface area (Å²) in [6.07, 6.45) is 5.21. The molecule has 0 atom stereocenters. The van der Waals surface area contributed by atoms with Gasteiger partial charge in [0.15, 0.2) is 5.65 Å². The van der Waals surface area contributed by atoms with Crippen LogP contribution < -0.4 is 0 Å². The van der Waals surface area contributed by atoms with Gasteiger partial charge in [-0.2, -0.15) is 5.10 Å². The Kier molecular flexibility index (Phi) is 3.95. The lowest BCUT2D eigenvalue weighted by molar-refractivity contribution is 0.0710. The van der Waals surface area contributed by atoms with E-state index in [-0.39, 0.29) is 5.91 Å². The predicted octanol–water partition coefficient (Wildman–Crippen LogP) is 1.90. The molecule has 3 aromatic rings. The first kappa shape index (κ1) is 15.7. The number of likely N-dealkylation sites (tertiary alicyclic amines) is 1. The summed E-state index contributed by atoms with van der Waals surface area (Å²) in [4.78, 5) is 19.0. The van der Waals surface area contributed by atoms with Crippen molar-refractivity contribution in [2.75, 3.05) is 13.1 Å². The lowest BCUT2D eigenvalue weighted by Crippen LogP contribution is -2.38. The van der Waals surface area contributed by atoms with Crippen molar-refractivity contribution < 1.29 is 4.79 Å². The number of pyridine rings is 1. The quantitative estimate of drug-likeness (QED) is 0.787. The van der Waals surface area contributed by atoms with Crippen LogP contribution in [-0.2, 0) is 6.54 Å². The first-order valence-corrected chi connectivity index (χ1v) is 8.65. The van der Waals surface area contributed by atoms with Gasteiger partial charge in [-0.25, -0.2) is 4.98 Å². The van der Waals surface area contributed by atoms with Crippen LogP contribution in [0.2, 0.25) is 0 Å². The highest BCUT2D eigenvalue weighted by molar-refractivity contribution is 5.97. The number of nitrogens with zero attached hydrogens (tertiary/aromatic N) is 6. The largest absolute Gasteiger partial charge is 0.339 e. The number of rotatable bonds is 3. The van der Waals surface area contributed by atoms with Crippen molar-refractivity contribution in [3.8, 4) is 0 Å². The Morgan fingerprint density at radius 3 is 2.92 bits per heavy atom. The van der Waals surface area contributed by atoms with E-state index in [1.54, 1.807) is 12.5 Å².